The minimum atomic E-state index is 0.168. The van der Waals surface area contributed by atoms with Crippen molar-refractivity contribution in [2.75, 3.05) is 6.54 Å². The monoisotopic (exact) mass is 328 g/mol. The van der Waals surface area contributed by atoms with Crippen LogP contribution in [0.2, 0.25) is 0 Å². The van der Waals surface area contributed by atoms with E-state index in [0.29, 0.717) is 6.04 Å². The molecule has 5 nitrogen and oxygen atoms in total. The third-order valence-electron chi connectivity index (χ3n) is 5.03. The van der Waals surface area contributed by atoms with E-state index in [-0.39, 0.29) is 11.9 Å². The van der Waals surface area contributed by atoms with Gasteiger partial charge in [0.15, 0.2) is 0 Å². The first kappa shape index (κ1) is 16.8. The number of carbonyl (C=O) groups is 1. The Morgan fingerprint density at radius 1 is 1.33 bits per heavy atom. The highest BCUT2D eigenvalue weighted by atomic mass is 16.2. The topological polar surface area (TPSA) is 43.1 Å². The molecule has 1 fully saturated rings. The Kier molecular flexibility index (Phi) is 4.52. The second-order valence-electron chi connectivity index (χ2n) is 7.28. The van der Waals surface area contributed by atoms with Crippen LogP contribution in [-0.2, 0) is 6.54 Å². The van der Waals surface area contributed by atoms with E-state index in [0.717, 1.165) is 48.4 Å². The van der Waals surface area contributed by atoms with Crippen LogP contribution >= 0.6 is 0 Å². The number of carbonyl (C=O) groups excluding carboxylic acids is 1. The number of rotatable bonds is 4. The van der Waals surface area contributed by atoms with Crippen LogP contribution < -0.4 is 0 Å². The van der Waals surface area contributed by atoms with E-state index in [2.05, 4.69) is 37.4 Å². The van der Waals surface area contributed by atoms with Gasteiger partial charge in [-0.25, -0.2) is 0 Å². The van der Waals surface area contributed by atoms with Gasteiger partial charge in [0, 0.05) is 30.2 Å². The molecule has 1 aliphatic rings. The van der Waals surface area contributed by atoms with E-state index in [1.54, 1.807) is 0 Å². The summed E-state index contributed by atoms with van der Waals surface area (Å²) in [6.45, 7) is 12.1. The molecule has 0 saturated carbocycles. The average Bonchev–Trinajstić information content (AvgIpc) is 3.19. The first-order chi connectivity index (χ1) is 11.4. The average molecular weight is 328 g/mol. The molecule has 0 bridgehead atoms. The molecule has 3 heterocycles. The van der Waals surface area contributed by atoms with Crippen LogP contribution in [0, 0.1) is 20.8 Å². The fourth-order valence-corrected chi connectivity index (χ4v) is 4.02. The van der Waals surface area contributed by atoms with Crippen molar-refractivity contribution in [1.29, 1.82) is 0 Å². The molecule has 0 aromatic carbocycles. The molecule has 0 spiro atoms. The molecule has 0 unspecified atom stereocenters. The fraction of sp³-hybridized carbons (Fsp3) is 0.579. The molecular formula is C19H28N4O. The smallest absolute Gasteiger partial charge is 0.255 e. The zero-order valence-electron chi connectivity index (χ0n) is 15.4. The van der Waals surface area contributed by atoms with Crippen LogP contribution in [0.4, 0.5) is 0 Å². The lowest BCUT2D eigenvalue weighted by molar-refractivity contribution is 0.0720. The Morgan fingerprint density at radius 2 is 2.08 bits per heavy atom. The molecule has 1 saturated heterocycles. The molecule has 130 valence electrons. The number of aromatic nitrogens is 3. The molecular weight excluding hydrogens is 300 g/mol. The van der Waals surface area contributed by atoms with Crippen molar-refractivity contribution >= 4 is 5.91 Å². The third kappa shape index (κ3) is 2.99. The highest BCUT2D eigenvalue weighted by molar-refractivity contribution is 5.96. The third-order valence-corrected chi connectivity index (χ3v) is 5.03. The van der Waals surface area contributed by atoms with Crippen LogP contribution in [-0.4, -0.2) is 37.7 Å². The number of nitrogens with zero attached hydrogens (tertiary/aromatic N) is 4. The summed E-state index contributed by atoms with van der Waals surface area (Å²) < 4.78 is 4.21. The summed E-state index contributed by atoms with van der Waals surface area (Å²) in [5.41, 5.74) is 4.24. The SMILES string of the molecule is Cc1cnn(C[C@H]2CCCN2C(=O)c2cc(C)n(C(C)C)c2C)c1. The van der Waals surface area contributed by atoms with Crippen molar-refractivity contribution in [2.45, 2.75) is 66.1 Å². The van der Waals surface area contributed by atoms with Gasteiger partial charge in [-0.1, -0.05) is 0 Å². The number of likely N-dealkylation sites (tertiary alicyclic amines) is 1. The second kappa shape index (κ2) is 6.46. The van der Waals surface area contributed by atoms with E-state index in [1.807, 2.05) is 35.0 Å². The van der Waals surface area contributed by atoms with Gasteiger partial charge in [0.2, 0.25) is 0 Å². The highest BCUT2D eigenvalue weighted by Gasteiger charge is 2.31. The summed E-state index contributed by atoms with van der Waals surface area (Å²) in [6, 6.07) is 2.65. The number of hydrogen-bond acceptors (Lipinski definition) is 2. The van der Waals surface area contributed by atoms with Gasteiger partial charge < -0.3 is 9.47 Å². The predicted molar refractivity (Wildman–Crippen MR) is 95.3 cm³/mol. The van der Waals surface area contributed by atoms with Gasteiger partial charge in [0.1, 0.15) is 0 Å². The van der Waals surface area contributed by atoms with E-state index in [9.17, 15) is 4.79 Å². The Labute approximate surface area is 144 Å². The van der Waals surface area contributed by atoms with Crippen LogP contribution in [0.15, 0.2) is 18.5 Å². The van der Waals surface area contributed by atoms with Crippen LogP contribution in [0.25, 0.3) is 0 Å². The zero-order valence-corrected chi connectivity index (χ0v) is 15.4. The Balaban J connectivity index is 1.82. The van der Waals surface area contributed by atoms with E-state index in [1.165, 1.54) is 0 Å². The van der Waals surface area contributed by atoms with Gasteiger partial charge in [0.05, 0.1) is 24.3 Å². The molecule has 2 aromatic rings. The van der Waals surface area contributed by atoms with Gasteiger partial charge in [-0.15, -0.1) is 0 Å². The molecule has 5 heteroatoms. The summed E-state index contributed by atoms with van der Waals surface area (Å²) in [4.78, 5) is 15.2. The van der Waals surface area contributed by atoms with Crippen molar-refractivity contribution in [3.63, 3.8) is 0 Å². The Bertz CT molecular complexity index is 741. The molecule has 0 N–H and O–H groups in total. The minimum absolute atomic E-state index is 0.168. The standard InChI is InChI=1S/C19H28N4O/c1-13(2)23-15(4)9-18(16(23)5)19(24)22-8-6-7-17(22)12-21-11-14(3)10-20-21/h9-11,13,17H,6-8,12H2,1-5H3/t17-/m1/s1. The molecule has 0 radical (unpaired) electrons. The van der Waals surface area contributed by atoms with Gasteiger partial charge in [-0.05, 0) is 59.1 Å². The summed E-state index contributed by atoms with van der Waals surface area (Å²) in [5, 5.41) is 4.38. The van der Waals surface area contributed by atoms with Crippen molar-refractivity contribution in [2.24, 2.45) is 0 Å². The largest absolute Gasteiger partial charge is 0.346 e. The van der Waals surface area contributed by atoms with Gasteiger partial charge in [0.25, 0.3) is 5.91 Å². The summed E-state index contributed by atoms with van der Waals surface area (Å²) in [7, 11) is 0. The van der Waals surface area contributed by atoms with Crippen LogP contribution in [0.3, 0.4) is 0 Å². The first-order valence-electron chi connectivity index (χ1n) is 8.87. The molecule has 0 aliphatic carbocycles. The molecule has 3 rings (SSSR count). The maximum absolute atomic E-state index is 13.1. The second-order valence-corrected chi connectivity index (χ2v) is 7.28. The summed E-state index contributed by atoms with van der Waals surface area (Å²) in [5.74, 6) is 0.168. The van der Waals surface area contributed by atoms with E-state index in [4.69, 9.17) is 0 Å². The molecule has 1 aliphatic heterocycles. The maximum atomic E-state index is 13.1. The summed E-state index contributed by atoms with van der Waals surface area (Å²) >= 11 is 0. The van der Waals surface area contributed by atoms with Gasteiger partial charge in [-0.2, -0.15) is 5.10 Å². The summed E-state index contributed by atoms with van der Waals surface area (Å²) in [6.07, 6.45) is 6.04. The zero-order chi connectivity index (χ0) is 17.4. The fourth-order valence-electron chi connectivity index (χ4n) is 4.02. The minimum Gasteiger partial charge on any atom is -0.346 e. The predicted octanol–water partition coefficient (Wildman–Crippen LogP) is 3.50. The van der Waals surface area contributed by atoms with Crippen molar-refractivity contribution < 1.29 is 4.79 Å². The maximum Gasteiger partial charge on any atom is 0.255 e. The Morgan fingerprint density at radius 3 is 2.67 bits per heavy atom. The number of amides is 1. The van der Waals surface area contributed by atoms with Crippen molar-refractivity contribution in [1.82, 2.24) is 19.2 Å². The number of hydrogen-bond donors (Lipinski definition) is 0. The van der Waals surface area contributed by atoms with Gasteiger partial charge in [-0.3, -0.25) is 9.48 Å². The Hall–Kier alpha value is -2.04. The lowest BCUT2D eigenvalue weighted by Crippen LogP contribution is -2.38. The number of aryl methyl sites for hydroxylation is 2. The lowest BCUT2D eigenvalue weighted by Gasteiger charge is -2.25. The quantitative estimate of drug-likeness (QED) is 0.862. The normalized spacial score (nSPS) is 17.9. The molecule has 1 atom stereocenters. The van der Waals surface area contributed by atoms with Crippen molar-refractivity contribution in [3.05, 3.63) is 41.0 Å². The highest BCUT2D eigenvalue weighted by Crippen LogP contribution is 2.26. The molecule has 1 amide bonds. The molecule has 24 heavy (non-hydrogen) atoms. The van der Waals surface area contributed by atoms with Crippen molar-refractivity contribution in [3.8, 4) is 0 Å². The van der Waals surface area contributed by atoms with Crippen LogP contribution in [0.1, 0.15) is 60.0 Å². The van der Waals surface area contributed by atoms with E-state index < -0.39 is 0 Å². The first-order valence-corrected chi connectivity index (χ1v) is 8.87. The van der Waals surface area contributed by atoms with Gasteiger partial charge >= 0.3 is 0 Å². The van der Waals surface area contributed by atoms with E-state index >= 15 is 0 Å². The molecule has 2 aromatic heterocycles. The van der Waals surface area contributed by atoms with Crippen LogP contribution in [0.5, 0.6) is 0 Å². The lowest BCUT2D eigenvalue weighted by atomic mass is 10.1.